The number of carboxylic acids is 1. The number of amides is 1. The summed E-state index contributed by atoms with van der Waals surface area (Å²) in [4.78, 5) is 22.7. The van der Waals surface area contributed by atoms with Crippen LogP contribution in [0.2, 0.25) is 0 Å². The lowest BCUT2D eigenvalue weighted by Gasteiger charge is -2.14. The minimum Gasteiger partial charge on any atom is -0.481 e. The van der Waals surface area contributed by atoms with Crippen LogP contribution in [0.4, 0.5) is 5.69 Å². The summed E-state index contributed by atoms with van der Waals surface area (Å²) in [6.45, 7) is 1.54. The third kappa shape index (κ3) is 1.61. The van der Waals surface area contributed by atoms with Crippen LogP contribution >= 0.6 is 15.9 Å². The van der Waals surface area contributed by atoms with Crippen LogP contribution in [0.5, 0.6) is 0 Å². The van der Waals surface area contributed by atoms with E-state index in [1.54, 1.807) is 25.1 Å². The van der Waals surface area contributed by atoms with Gasteiger partial charge in [-0.05, 0) is 12.1 Å². The van der Waals surface area contributed by atoms with E-state index in [9.17, 15) is 9.59 Å². The second kappa shape index (κ2) is 3.90. The highest BCUT2D eigenvalue weighted by Crippen LogP contribution is 2.41. The molecule has 0 saturated heterocycles. The number of nitrogens with one attached hydrogen (secondary N) is 1. The zero-order chi connectivity index (χ0) is 11.9. The van der Waals surface area contributed by atoms with Crippen LogP contribution in [0.3, 0.4) is 0 Å². The van der Waals surface area contributed by atoms with Crippen LogP contribution in [0, 0.1) is 5.92 Å². The van der Waals surface area contributed by atoms with Gasteiger partial charge in [-0.25, -0.2) is 0 Å². The maximum atomic E-state index is 11.7. The Morgan fingerprint density at radius 1 is 1.56 bits per heavy atom. The Morgan fingerprint density at radius 3 is 2.88 bits per heavy atom. The quantitative estimate of drug-likeness (QED) is 0.875. The maximum absolute atomic E-state index is 11.7. The molecule has 0 aromatic heterocycles. The normalized spacial score (nSPS) is 20.1. The second-order valence-corrected chi connectivity index (χ2v) is 4.65. The van der Waals surface area contributed by atoms with Gasteiger partial charge < -0.3 is 10.4 Å². The monoisotopic (exact) mass is 283 g/mol. The molecule has 0 spiro atoms. The van der Waals surface area contributed by atoms with Crippen molar-refractivity contribution in [2.45, 2.75) is 12.8 Å². The molecule has 0 saturated carbocycles. The lowest BCUT2D eigenvalue weighted by molar-refractivity contribution is -0.143. The lowest BCUT2D eigenvalue weighted by Crippen LogP contribution is -2.25. The second-order valence-electron chi connectivity index (χ2n) is 3.79. The Bertz CT molecular complexity index is 472. The molecule has 2 N–H and O–H groups in total. The number of halogens is 1. The third-order valence-corrected chi connectivity index (χ3v) is 3.49. The minimum atomic E-state index is -0.969. The molecule has 4 nitrogen and oxygen atoms in total. The largest absolute Gasteiger partial charge is 0.481 e. The van der Waals surface area contributed by atoms with E-state index in [0.29, 0.717) is 5.69 Å². The summed E-state index contributed by atoms with van der Waals surface area (Å²) in [5.41, 5.74) is 1.43. The molecule has 2 rings (SSSR count). The predicted octanol–water partition coefficient (Wildman–Crippen LogP) is 2.21. The maximum Gasteiger partial charge on any atom is 0.307 e. The number of carbonyl (C=O) groups excluding carboxylic acids is 1. The van der Waals surface area contributed by atoms with Gasteiger partial charge in [-0.1, -0.05) is 28.9 Å². The first-order valence-corrected chi connectivity index (χ1v) is 5.63. The van der Waals surface area contributed by atoms with Crippen LogP contribution in [0.25, 0.3) is 0 Å². The summed E-state index contributed by atoms with van der Waals surface area (Å²) < 4.78 is 0.765. The van der Waals surface area contributed by atoms with Crippen molar-refractivity contribution in [1.29, 1.82) is 0 Å². The molecular weight excluding hydrogens is 274 g/mol. The first-order chi connectivity index (χ1) is 7.52. The fraction of sp³-hybridized carbons (Fsp3) is 0.273. The van der Waals surface area contributed by atoms with Crippen molar-refractivity contribution in [1.82, 2.24) is 0 Å². The molecule has 0 radical (unpaired) electrons. The van der Waals surface area contributed by atoms with Gasteiger partial charge in [-0.2, -0.15) is 0 Å². The Balaban J connectivity index is 2.50. The van der Waals surface area contributed by atoms with E-state index in [1.807, 2.05) is 0 Å². The molecule has 1 amide bonds. The van der Waals surface area contributed by atoms with E-state index in [2.05, 4.69) is 21.2 Å². The van der Waals surface area contributed by atoms with Crippen molar-refractivity contribution in [3.8, 4) is 0 Å². The number of carbonyl (C=O) groups is 2. The Morgan fingerprint density at radius 2 is 2.25 bits per heavy atom. The van der Waals surface area contributed by atoms with Gasteiger partial charge in [-0.15, -0.1) is 0 Å². The van der Waals surface area contributed by atoms with Crippen LogP contribution in [-0.4, -0.2) is 17.0 Å². The number of fused-ring (bicyclic) bond motifs is 1. The van der Waals surface area contributed by atoms with Crippen molar-refractivity contribution < 1.29 is 14.7 Å². The Hall–Kier alpha value is -1.36. The van der Waals surface area contributed by atoms with Crippen LogP contribution in [0.1, 0.15) is 18.4 Å². The topological polar surface area (TPSA) is 66.4 Å². The summed E-state index contributed by atoms with van der Waals surface area (Å²) in [5, 5.41) is 11.7. The molecule has 2 unspecified atom stereocenters. The standard InChI is InChI=1S/C11H10BrNO3/c1-5(11(15)16)8-9-6(12)3-2-4-7(9)13-10(8)14/h2-5,8H,1H3,(H,13,14)(H,15,16). The summed E-state index contributed by atoms with van der Waals surface area (Å²) in [5.74, 6) is -2.58. The van der Waals surface area contributed by atoms with E-state index < -0.39 is 17.8 Å². The van der Waals surface area contributed by atoms with Crippen LogP contribution < -0.4 is 5.32 Å². The van der Waals surface area contributed by atoms with Crippen LogP contribution in [0.15, 0.2) is 22.7 Å². The minimum absolute atomic E-state index is 0.253. The van der Waals surface area contributed by atoms with E-state index in [4.69, 9.17) is 5.11 Å². The van der Waals surface area contributed by atoms with Gasteiger partial charge in [0.2, 0.25) is 5.91 Å². The molecule has 84 valence electrons. The number of hydrogen-bond donors (Lipinski definition) is 2. The first-order valence-electron chi connectivity index (χ1n) is 4.84. The molecular formula is C11H10BrNO3. The van der Waals surface area contributed by atoms with Crippen molar-refractivity contribution in [3.05, 3.63) is 28.2 Å². The zero-order valence-corrected chi connectivity index (χ0v) is 10.1. The highest BCUT2D eigenvalue weighted by molar-refractivity contribution is 9.10. The van der Waals surface area contributed by atoms with Gasteiger partial charge in [0.25, 0.3) is 0 Å². The highest BCUT2D eigenvalue weighted by Gasteiger charge is 2.39. The summed E-state index contributed by atoms with van der Waals surface area (Å²) in [7, 11) is 0. The van der Waals surface area contributed by atoms with E-state index in [1.165, 1.54) is 0 Å². The van der Waals surface area contributed by atoms with Gasteiger partial charge in [0.15, 0.2) is 0 Å². The Labute approximate surface area is 101 Å². The molecule has 1 heterocycles. The van der Waals surface area contributed by atoms with Gasteiger partial charge in [0.1, 0.15) is 0 Å². The van der Waals surface area contributed by atoms with Crippen molar-refractivity contribution in [2.24, 2.45) is 5.92 Å². The van der Waals surface area contributed by atoms with Gasteiger partial charge in [0, 0.05) is 15.7 Å². The predicted molar refractivity (Wildman–Crippen MR) is 62.3 cm³/mol. The van der Waals surface area contributed by atoms with Gasteiger partial charge in [-0.3, -0.25) is 9.59 Å². The van der Waals surface area contributed by atoms with Gasteiger partial charge in [0.05, 0.1) is 11.8 Å². The molecule has 5 heteroatoms. The van der Waals surface area contributed by atoms with E-state index in [0.717, 1.165) is 10.0 Å². The fourth-order valence-corrected chi connectivity index (χ4v) is 2.54. The average Bonchev–Trinajstić information content (AvgIpc) is 2.54. The van der Waals surface area contributed by atoms with Crippen molar-refractivity contribution in [2.75, 3.05) is 5.32 Å². The van der Waals surface area contributed by atoms with Crippen LogP contribution in [-0.2, 0) is 9.59 Å². The SMILES string of the molecule is CC(C(=O)O)C1C(=O)Nc2cccc(Br)c21. The van der Waals surface area contributed by atoms with E-state index in [-0.39, 0.29) is 5.91 Å². The highest BCUT2D eigenvalue weighted by atomic mass is 79.9. The molecule has 0 fully saturated rings. The number of benzene rings is 1. The number of anilines is 1. The summed E-state index contributed by atoms with van der Waals surface area (Å²) >= 11 is 3.35. The average molecular weight is 284 g/mol. The molecule has 16 heavy (non-hydrogen) atoms. The van der Waals surface area contributed by atoms with Crippen molar-refractivity contribution in [3.63, 3.8) is 0 Å². The smallest absolute Gasteiger partial charge is 0.307 e. The number of carboxylic acid groups (broad SMARTS) is 1. The van der Waals surface area contributed by atoms with E-state index >= 15 is 0 Å². The van der Waals surface area contributed by atoms with Gasteiger partial charge >= 0.3 is 5.97 Å². The molecule has 0 aliphatic carbocycles. The fourth-order valence-electron chi connectivity index (χ4n) is 1.92. The number of rotatable bonds is 2. The summed E-state index contributed by atoms with van der Waals surface area (Å²) in [6, 6.07) is 5.38. The first kappa shape index (κ1) is 11.1. The molecule has 2 atom stereocenters. The molecule has 0 bridgehead atoms. The lowest BCUT2D eigenvalue weighted by atomic mass is 9.88. The number of hydrogen-bond acceptors (Lipinski definition) is 2. The Kier molecular flexibility index (Phi) is 2.71. The molecule has 1 aliphatic rings. The number of aliphatic carboxylic acids is 1. The molecule has 1 aromatic rings. The zero-order valence-electron chi connectivity index (χ0n) is 8.53. The summed E-state index contributed by atoms with van der Waals surface area (Å²) in [6.07, 6.45) is 0. The molecule has 1 aromatic carbocycles. The third-order valence-electron chi connectivity index (χ3n) is 2.79. The van der Waals surface area contributed by atoms with Crippen molar-refractivity contribution >= 4 is 33.5 Å². The molecule has 1 aliphatic heterocycles.